The Morgan fingerprint density at radius 1 is 1.21 bits per heavy atom. The minimum Gasteiger partial charge on any atom is -0.493 e. The van der Waals surface area contributed by atoms with E-state index in [0.29, 0.717) is 0 Å². The van der Waals surface area contributed by atoms with E-state index >= 15 is 0 Å². The van der Waals surface area contributed by atoms with Crippen molar-refractivity contribution in [1.29, 1.82) is 0 Å². The van der Waals surface area contributed by atoms with Gasteiger partial charge in [-0.15, -0.1) is 0 Å². The van der Waals surface area contributed by atoms with E-state index in [1.54, 1.807) is 0 Å². The molecule has 1 aliphatic rings. The van der Waals surface area contributed by atoms with Crippen molar-refractivity contribution < 1.29 is 4.74 Å². The molecule has 3 rings (SSSR count). The van der Waals surface area contributed by atoms with Crippen molar-refractivity contribution in [2.75, 3.05) is 6.61 Å². The van der Waals surface area contributed by atoms with Crippen LogP contribution in [0.3, 0.4) is 0 Å². The number of fused-ring (bicyclic) bond motifs is 1. The van der Waals surface area contributed by atoms with Crippen molar-refractivity contribution >= 4 is 15.9 Å². The molecular formula is C16H16BrNO. The highest BCUT2D eigenvalue weighted by Gasteiger charge is 2.22. The number of benzene rings is 2. The Hall–Kier alpha value is -1.32. The molecule has 2 N–H and O–H groups in total. The van der Waals surface area contributed by atoms with Gasteiger partial charge in [0.1, 0.15) is 5.75 Å². The molecule has 2 nitrogen and oxygen atoms in total. The SMILES string of the molecule is Cc1ccccc1C(N)c1cc(Br)cc2c1OCC2. The lowest BCUT2D eigenvalue weighted by Gasteiger charge is -2.18. The van der Waals surface area contributed by atoms with Gasteiger partial charge in [-0.2, -0.15) is 0 Å². The Bertz CT molecular complexity index is 624. The molecule has 0 radical (unpaired) electrons. The second-order valence-electron chi connectivity index (χ2n) is 4.92. The summed E-state index contributed by atoms with van der Waals surface area (Å²) in [4.78, 5) is 0. The molecule has 0 fully saturated rings. The predicted octanol–water partition coefficient (Wildman–Crippen LogP) is 3.74. The monoisotopic (exact) mass is 317 g/mol. The van der Waals surface area contributed by atoms with Crippen LogP contribution in [-0.4, -0.2) is 6.61 Å². The lowest BCUT2D eigenvalue weighted by atomic mass is 9.94. The van der Waals surface area contributed by atoms with Crippen LogP contribution in [0.5, 0.6) is 5.75 Å². The third-order valence-corrected chi connectivity index (χ3v) is 4.09. The van der Waals surface area contributed by atoms with Gasteiger partial charge < -0.3 is 10.5 Å². The topological polar surface area (TPSA) is 35.2 Å². The zero-order chi connectivity index (χ0) is 13.4. The average molecular weight is 318 g/mol. The Labute approximate surface area is 121 Å². The number of hydrogen-bond acceptors (Lipinski definition) is 2. The van der Waals surface area contributed by atoms with Crippen molar-refractivity contribution in [3.8, 4) is 5.75 Å². The quantitative estimate of drug-likeness (QED) is 0.915. The molecular weight excluding hydrogens is 302 g/mol. The Kier molecular flexibility index (Phi) is 3.33. The van der Waals surface area contributed by atoms with Gasteiger partial charge in [0.15, 0.2) is 0 Å². The van der Waals surface area contributed by atoms with E-state index in [1.165, 1.54) is 11.1 Å². The van der Waals surface area contributed by atoms with Crippen LogP contribution in [0.1, 0.15) is 28.3 Å². The maximum Gasteiger partial charge on any atom is 0.127 e. The molecule has 1 unspecified atom stereocenters. The van der Waals surface area contributed by atoms with E-state index in [0.717, 1.165) is 34.4 Å². The lowest BCUT2D eigenvalue weighted by Crippen LogP contribution is -2.14. The van der Waals surface area contributed by atoms with Crippen LogP contribution < -0.4 is 10.5 Å². The minimum absolute atomic E-state index is 0.148. The second kappa shape index (κ2) is 4.99. The largest absolute Gasteiger partial charge is 0.493 e. The van der Waals surface area contributed by atoms with Gasteiger partial charge in [0.25, 0.3) is 0 Å². The van der Waals surface area contributed by atoms with Gasteiger partial charge in [0.05, 0.1) is 12.6 Å². The van der Waals surface area contributed by atoms with Crippen molar-refractivity contribution in [3.63, 3.8) is 0 Å². The molecule has 19 heavy (non-hydrogen) atoms. The number of rotatable bonds is 2. The van der Waals surface area contributed by atoms with Crippen LogP contribution in [0, 0.1) is 6.92 Å². The van der Waals surface area contributed by atoms with E-state index in [2.05, 4.69) is 47.1 Å². The Morgan fingerprint density at radius 3 is 2.79 bits per heavy atom. The molecule has 0 saturated heterocycles. The molecule has 3 heteroatoms. The summed E-state index contributed by atoms with van der Waals surface area (Å²) < 4.78 is 6.83. The van der Waals surface area contributed by atoms with Crippen LogP contribution >= 0.6 is 15.9 Å². The molecule has 1 atom stereocenters. The molecule has 2 aromatic rings. The first-order valence-electron chi connectivity index (χ1n) is 6.43. The first-order valence-corrected chi connectivity index (χ1v) is 7.22. The molecule has 2 aromatic carbocycles. The fourth-order valence-corrected chi connectivity index (χ4v) is 3.16. The molecule has 1 heterocycles. The maximum atomic E-state index is 6.46. The number of nitrogens with two attached hydrogens (primary N) is 1. The summed E-state index contributed by atoms with van der Waals surface area (Å²) in [6, 6.07) is 12.3. The standard InChI is InChI=1S/C16H16BrNO/c1-10-4-2-3-5-13(10)15(18)14-9-12(17)8-11-6-7-19-16(11)14/h2-5,8-9,15H,6-7,18H2,1H3. The third-order valence-electron chi connectivity index (χ3n) is 3.64. The zero-order valence-electron chi connectivity index (χ0n) is 10.8. The number of aryl methyl sites for hydroxylation is 1. The van der Waals surface area contributed by atoms with Gasteiger partial charge >= 0.3 is 0 Å². The molecule has 0 spiro atoms. The van der Waals surface area contributed by atoms with E-state index in [4.69, 9.17) is 10.5 Å². The van der Waals surface area contributed by atoms with Gasteiger partial charge in [-0.3, -0.25) is 0 Å². The van der Waals surface area contributed by atoms with E-state index in [1.807, 2.05) is 12.1 Å². The number of ether oxygens (including phenoxy) is 1. The smallest absolute Gasteiger partial charge is 0.127 e. The van der Waals surface area contributed by atoms with Crippen molar-refractivity contribution in [1.82, 2.24) is 0 Å². The zero-order valence-corrected chi connectivity index (χ0v) is 12.4. The summed E-state index contributed by atoms with van der Waals surface area (Å²) in [5, 5.41) is 0. The molecule has 0 aromatic heterocycles. The van der Waals surface area contributed by atoms with Gasteiger partial charge in [0, 0.05) is 16.5 Å². The summed E-state index contributed by atoms with van der Waals surface area (Å²) in [5.74, 6) is 0.971. The first-order chi connectivity index (χ1) is 9.16. The number of hydrogen-bond donors (Lipinski definition) is 1. The summed E-state index contributed by atoms with van der Waals surface area (Å²) in [6.45, 7) is 2.84. The van der Waals surface area contributed by atoms with Gasteiger partial charge in [-0.25, -0.2) is 0 Å². The van der Waals surface area contributed by atoms with E-state index in [-0.39, 0.29) is 6.04 Å². The highest BCUT2D eigenvalue weighted by atomic mass is 79.9. The van der Waals surface area contributed by atoms with E-state index < -0.39 is 0 Å². The third kappa shape index (κ3) is 2.28. The van der Waals surface area contributed by atoms with Gasteiger partial charge in [-0.05, 0) is 35.7 Å². The fraction of sp³-hybridized carbons (Fsp3) is 0.250. The van der Waals surface area contributed by atoms with Gasteiger partial charge in [-0.1, -0.05) is 40.2 Å². The van der Waals surface area contributed by atoms with Crippen LogP contribution in [0.15, 0.2) is 40.9 Å². The summed E-state index contributed by atoms with van der Waals surface area (Å²) in [5.41, 5.74) is 11.1. The van der Waals surface area contributed by atoms with E-state index in [9.17, 15) is 0 Å². The van der Waals surface area contributed by atoms with Gasteiger partial charge in [0.2, 0.25) is 0 Å². The Balaban J connectivity index is 2.10. The predicted molar refractivity (Wildman–Crippen MR) is 80.6 cm³/mol. The molecule has 0 saturated carbocycles. The Morgan fingerprint density at radius 2 is 2.00 bits per heavy atom. The first kappa shape index (κ1) is 12.7. The number of halogens is 1. The molecule has 0 bridgehead atoms. The fourth-order valence-electron chi connectivity index (χ4n) is 2.63. The lowest BCUT2D eigenvalue weighted by molar-refractivity contribution is 0.352. The molecule has 0 aliphatic carbocycles. The summed E-state index contributed by atoms with van der Waals surface area (Å²) in [7, 11) is 0. The highest BCUT2D eigenvalue weighted by molar-refractivity contribution is 9.10. The van der Waals surface area contributed by atoms with Crippen molar-refractivity contribution in [2.45, 2.75) is 19.4 Å². The van der Waals surface area contributed by atoms with Crippen LogP contribution in [0.25, 0.3) is 0 Å². The van der Waals surface area contributed by atoms with Crippen LogP contribution in [0.4, 0.5) is 0 Å². The molecule has 98 valence electrons. The minimum atomic E-state index is -0.148. The van der Waals surface area contributed by atoms with Crippen molar-refractivity contribution in [2.24, 2.45) is 5.73 Å². The summed E-state index contributed by atoms with van der Waals surface area (Å²) in [6.07, 6.45) is 0.961. The maximum absolute atomic E-state index is 6.46. The second-order valence-corrected chi connectivity index (χ2v) is 5.83. The van der Waals surface area contributed by atoms with Crippen molar-refractivity contribution in [3.05, 3.63) is 63.1 Å². The highest BCUT2D eigenvalue weighted by Crippen LogP contribution is 2.38. The average Bonchev–Trinajstić information content (AvgIpc) is 2.85. The summed E-state index contributed by atoms with van der Waals surface area (Å²) >= 11 is 3.56. The normalized spacial score (nSPS) is 14.9. The molecule has 1 aliphatic heterocycles. The van der Waals surface area contributed by atoms with Crippen LogP contribution in [0.2, 0.25) is 0 Å². The van der Waals surface area contributed by atoms with Crippen LogP contribution in [-0.2, 0) is 6.42 Å². The molecule has 0 amide bonds.